The van der Waals surface area contributed by atoms with Crippen molar-refractivity contribution >= 4 is 46.0 Å². The van der Waals surface area contributed by atoms with E-state index in [0.29, 0.717) is 21.6 Å². The van der Waals surface area contributed by atoms with Crippen molar-refractivity contribution in [3.8, 4) is 0 Å². The lowest BCUT2D eigenvalue weighted by Gasteiger charge is -2.09. The van der Waals surface area contributed by atoms with Gasteiger partial charge in [0.1, 0.15) is 0 Å². The van der Waals surface area contributed by atoms with Crippen molar-refractivity contribution in [2.75, 3.05) is 5.32 Å². The van der Waals surface area contributed by atoms with Gasteiger partial charge in [-0.2, -0.15) is 5.10 Å². The molecule has 0 saturated carbocycles. The maximum Gasteiger partial charge on any atom is 0.0711 e. The molecule has 0 unspecified atom stereocenters. The van der Waals surface area contributed by atoms with Gasteiger partial charge in [0.05, 0.1) is 32.5 Å². The van der Waals surface area contributed by atoms with Gasteiger partial charge < -0.3 is 5.32 Å². The molecule has 102 valence electrons. The molecule has 3 nitrogen and oxygen atoms in total. The molecule has 3 aromatic rings. The van der Waals surface area contributed by atoms with Gasteiger partial charge in [-0.05, 0) is 24.3 Å². The van der Waals surface area contributed by atoms with Crippen molar-refractivity contribution in [2.24, 2.45) is 0 Å². The van der Waals surface area contributed by atoms with Crippen LogP contribution in [-0.4, -0.2) is 9.61 Å². The van der Waals surface area contributed by atoms with Crippen molar-refractivity contribution in [1.82, 2.24) is 9.61 Å². The van der Waals surface area contributed by atoms with E-state index < -0.39 is 0 Å². The molecule has 20 heavy (non-hydrogen) atoms. The van der Waals surface area contributed by atoms with Gasteiger partial charge in [-0.15, -0.1) is 0 Å². The second-order valence-electron chi connectivity index (χ2n) is 4.30. The molecule has 0 amide bonds. The fourth-order valence-corrected chi connectivity index (χ4v) is 2.59. The van der Waals surface area contributed by atoms with Crippen LogP contribution in [0.5, 0.6) is 0 Å². The minimum Gasteiger partial charge on any atom is -0.380 e. The molecule has 0 saturated heterocycles. The molecule has 6 heteroatoms. The van der Waals surface area contributed by atoms with E-state index in [1.54, 1.807) is 12.1 Å². The molecule has 0 radical (unpaired) electrons. The quantitative estimate of drug-likeness (QED) is 0.693. The Labute approximate surface area is 131 Å². The standard InChI is InChI=1S/C14H10Cl3N3/c15-10-5-12(17)13(6-11(10)16)18-7-9-8-19-20-4-2-1-3-14(9)20/h1-6,8,18H,7H2. The maximum absolute atomic E-state index is 6.13. The van der Waals surface area contributed by atoms with E-state index in [2.05, 4.69) is 10.4 Å². The molecule has 0 aliphatic carbocycles. The summed E-state index contributed by atoms with van der Waals surface area (Å²) in [5.41, 5.74) is 2.88. The highest BCUT2D eigenvalue weighted by molar-refractivity contribution is 6.44. The minimum atomic E-state index is 0.443. The van der Waals surface area contributed by atoms with Crippen LogP contribution in [0, 0.1) is 0 Å². The molecule has 0 bridgehead atoms. The molecule has 2 heterocycles. The van der Waals surface area contributed by atoms with E-state index in [-0.39, 0.29) is 0 Å². The Morgan fingerprint density at radius 1 is 1.05 bits per heavy atom. The minimum absolute atomic E-state index is 0.443. The van der Waals surface area contributed by atoms with E-state index in [4.69, 9.17) is 34.8 Å². The number of halogens is 3. The van der Waals surface area contributed by atoms with Crippen molar-refractivity contribution < 1.29 is 0 Å². The molecule has 0 spiro atoms. The van der Waals surface area contributed by atoms with Crippen LogP contribution >= 0.6 is 34.8 Å². The Morgan fingerprint density at radius 3 is 2.70 bits per heavy atom. The van der Waals surface area contributed by atoms with Gasteiger partial charge in [0.15, 0.2) is 0 Å². The first-order valence-corrected chi connectivity index (χ1v) is 7.08. The Balaban J connectivity index is 1.85. The second-order valence-corrected chi connectivity index (χ2v) is 5.52. The third kappa shape index (κ3) is 2.57. The van der Waals surface area contributed by atoms with Crippen molar-refractivity contribution in [1.29, 1.82) is 0 Å². The highest BCUT2D eigenvalue weighted by atomic mass is 35.5. The number of pyridine rings is 1. The predicted molar refractivity (Wildman–Crippen MR) is 84.0 cm³/mol. The first-order chi connectivity index (χ1) is 9.65. The largest absolute Gasteiger partial charge is 0.380 e. The summed E-state index contributed by atoms with van der Waals surface area (Å²) in [6.07, 6.45) is 3.73. The number of anilines is 1. The molecular formula is C14H10Cl3N3. The third-order valence-corrected chi connectivity index (χ3v) is 4.02. The van der Waals surface area contributed by atoms with Gasteiger partial charge in [0, 0.05) is 18.3 Å². The van der Waals surface area contributed by atoms with Gasteiger partial charge in [0.25, 0.3) is 0 Å². The molecule has 0 aliphatic heterocycles. The molecule has 0 atom stereocenters. The van der Waals surface area contributed by atoms with Crippen LogP contribution in [0.1, 0.15) is 5.56 Å². The first kappa shape index (κ1) is 13.6. The summed E-state index contributed by atoms with van der Waals surface area (Å²) in [4.78, 5) is 0. The fourth-order valence-electron chi connectivity index (χ4n) is 1.97. The fraction of sp³-hybridized carbons (Fsp3) is 0.0714. The summed E-state index contributed by atoms with van der Waals surface area (Å²) in [7, 11) is 0. The van der Waals surface area contributed by atoms with Crippen molar-refractivity contribution in [3.05, 3.63) is 63.4 Å². The SMILES string of the molecule is Clc1cc(Cl)c(NCc2cnn3ccccc23)cc1Cl. The maximum atomic E-state index is 6.13. The number of hydrogen-bond acceptors (Lipinski definition) is 2. The number of nitrogens with zero attached hydrogens (tertiary/aromatic N) is 2. The molecule has 0 aliphatic rings. The monoisotopic (exact) mass is 325 g/mol. The number of nitrogens with one attached hydrogen (secondary N) is 1. The van der Waals surface area contributed by atoms with E-state index >= 15 is 0 Å². The van der Waals surface area contributed by atoms with Crippen molar-refractivity contribution in [2.45, 2.75) is 6.54 Å². The molecule has 2 aromatic heterocycles. The lowest BCUT2D eigenvalue weighted by atomic mass is 10.2. The number of aromatic nitrogens is 2. The number of rotatable bonds is 3. The van der Waals surface area contributed by atoms with Crippen LogP contribution in [-0.2, 0) is 6.54 Å². The van der Waals surface area contributed by atoms with Crippen LogP contribution in [0.4, 0.5) is 5.69 Å². The topological polar surface area (TPSA) is 29.3 Å². The molecule has 0 fully saturated rings. The second kappa shape index (κ2) is 5.52. The Kier molecular flexibility index (Phi) is 3.74. The van der Waals surface area contributed by atoms with Crippen LogP contribution in [0.3, 0.4) is 0 Å². The zero-order chi connectivity index (χ0) is 14.1. The normalized spacial score (nSPS) is 10.9. The zero-order valence-corrected chi connectivity index (χ0v) is 12.5. The molecule has 1 N–H and O–H groups in total. The smallest absolute Gasteiger partial charge is 0.0711 e. The number of benzene rings is 1. The van der Waals surface area contributed by atoms with Crippen LogP contribution in [0.15, 0.2) is 42.7 Å². The Morgan fingerprint density at radius 2 is 1.85 bits per heavy atom. The van der Waals surface area contributed by atoms with E-state index in [9.17, 15) is 0 Å². The first-order valence-electron chi connectivity index (χ1n) is 5.95. The van der Waals surface area contributed by atoms with Crippen molar-refractivity contribution in [3.63, 3.8) is 0 Å². The van der Waals surface area contributed by atoms with Crippen LogP contribution in [0.2, 0.25) is 15.1 Å². The lowest BCUT2D eigenvalue weighted by Crippen LogP contribution is -1.99. The molecular weight excluding hydrogens is 317 g/mol. The van der Waals surface area contributed by atoms with Gasteiger partial charge in [0.2, 0.25) is 0 Å². The average Bonchev–Trinajstić information content (AvgIpc) is 2.85. The summed E-state index contributed by atoms with van der Waals surface area (Å²) < 4.78 is 1.83. The van der Waals surface area contributed by atoms with Gasteiger partial charge >= 0.3 is 0 Å². The van der Waals surface area contributed by atoms with E-state index in [1.165, 1.54) is 0 Å². The summed E-state index contributed by atoms with van der Waals surface area (Å²) >= 11 is 18.0. The Bertz CT molecular complexity index is 767. The summed E-state index contributed by atoms with van der Waals surface area (Å²) in [6.45, 7) is 0.602. The number of hydrogen-bond donors (Lipinski definition) is 1. The summed E-state index contributed by atoms with van der Waals surface area (Å²) in [5, 5.41) is 8.98. The molecule has 3 rings (SSSR count). The highest BCUT2D eigenvalue weighted by Gasteiger charge is 2.07. The number of fused-ring (bicyclic) bond motifs is 1. The summed E-state index contributed by atoms with van der Waals surface area (Å²) in [6, 6.07) is 9.28. The highest BCUT2D eigenvalue weighted by Crippen LogP contribution is 2.32. The van der Waals surface area contributed by atoms with Gasteiger partial charge in [-0.25, -0.2) is 4.52 Å². The van der Waals surface area contributed by atoms with Crippen LogP contribution in [0.25, 0.3) is 5.52 Å². The molecule has 1 aromatic carbocycles. The van der Waals surface area contributed by atoms with Crippen LogP contribution < -0.4 is 5.32 Å². The average molecular weight is 327 g/mol. The zero-order valence-electron chi connectivity index (χ0n) is 10.3. The lowest BCUT2D eigenvalue weighted by molar-refractivity contribution is 0.961. The Hall–Kier alpha value is -1.42. The van der Waals surface area contributed by atoms with E-state index in [0.717, 1.165) is 16.8 Å². The van der Waals surface area contributed by atoms with E-state index in [1.807, 2.05) is 35.1 Å². The van der Waals surface area contributed by atoms with Gasteiger partial charge in [-0.3, -0.25) is 0 Å². The summed E-state index contributed by atoms with van der Waals surface area (Å²) in [5.74, 6) is 0. The predicted octanol–water partition coefficient (Wildman–Crippen LogP) is 4.91. The third-order valence-electron chi connectivity index (χ3n) is 2.99. The van der Waals surface area contributed by atoms with Gasteiger partial charge in [-0.1, -0.05) is 40.9 Å².